The summed E-state index contributed by atoms with van der Waals surface area (Å²) in [7, 11) is 0. The van der Waals surface area contributed by atoms with Crippen molar-refractivity contribution in [2.45, 2.75) is 6.92 Å². The maximum absolute atomic E-state index is 12.8. The smallest absolute Gasteiger partial charge is 0.253 e. The largest absolute Gasteiger partial charge is 0.494 e. The fourth-order valence-corrected chi connectivity index (χ4v) is 3.27. The van der Waals surface area contributed by atoms with E-state index in [1.807, 2.05) is 66.4 Å². The molecule has 3 aromatic rings. The first-order chi connectivity index (χ1) is 13.8. The van der Waals surface area contributed by atoms with Gasteiger partial charge in [0, 0.05) is 31.7 Å². The summed E-state index contributed by atoms with van der Waals surface area (Å²) >= 11 is 0. The van der Waals surface area contributed by atoms with Crippen LogP contribution in [-0.2, 0) is 0 Å². The van der Waals surface area contributed by atoms with Crippen molar-refractivity contribution in [2.24, 2.45) is 0 Å². The van der Waals surface area contributed by atoms with Crippen molar-refractivity contribution in [1.29, 1.82) is 0 Å². The van der Waals surface area contributed by atoms with Crippen LogP contribution in [0, 0.1) is 0 Å². The number of aromatic nitrogens is 4. The number of hydrogen-bond donors (Lipinski definition) is 0. The Morgan fingerprint density at radius 3 is 2.39 bits per heavy atom. The minimum Gasteiger partial charge on any atom is -0.494 e. The van der Waals surface area contributed by atoms with Crippen molar-refractivity contribution in [3.05, 3.63) is 60.2 Å². The maximum atomic E-state index is 12.8. The summed E-state index contributed by atoms with van der Waals surface area (Å²) in [5.74, 6) is 1.50. The number of piperazine rings is 1. The molecule has 144 valence electrons. The number of nitrogens with zero attached hydrogens (tertiary/aromatic N) is 6. The lowest BCUT2D eigenvalue weighted by molar-refractivity contribution is 0.0746. The Balaban J connectivity index is 1.41. The first-order valence-corrected chi connectivity index (χ1v) is 9.37. The van der Waals surface area contributed by atoms with Crippen LogP contribution in [0.25, 0.3) is 5.69 Å². The third kappa shape index (κ3) is 3.66. The van der Waals surface area contributed by atoms with E-state index in [0.29, 0.717) is 44.3 Å². The molecule has 1 aromatic heterocycles. The fraction of sp³-hybridized carbons (Fsp3) is 0.300. The van der Waals surface area contributed by atoms with Crippen LogP contribution in [0.4, 0.5) is 5.95 Å². The van der Waals surface area contributed by atoms with Gasteiger partial charge in [0.05, 0.1) is 12.3 Å². The predicted molar refractivity (Wildman–Crippen MR) is 105 cm³/mol. The molecule has 0 bridgehead atoms. The molecule has 2 aromatic carbocycles. The second kappa shape index (κ2) is 8.08. The van der Waals surface area contributed by atoms with Crippen molar-refractivity contribution in [3.8, 4) is 11.4 Å². The molecule has 0 saturated carbocycles. The zero-order chi connectivity index (χ0) is 19.3. The molecule has 2 heterocycles. The first kappa shape index (κ1) is 18.0. The van der Waals surface area contributed by atoms with Gasteiger partial charge in [-0.3, -0.25) is 4.79 Å². The predicted octanol–water partition coefficient (Wildman–Crippen LogP) is 2.02. The number of ether oxygens (including phenoxy) is 1. The minimum atomic E-state index is 0.0327. The number of anilines is 1. The van der Waals surface area contributed by atoms with Gasteiger partial charge in [-0.15, -0.1) is 0 Å². The van der Waals surface area contributed by atoms with Gasteiger partial charge in [-0.05, 0) is 53.7 Å². The highest BCUT2D eigenvalue weighted by molar-refractivity contribution is 5.94. The quantitative estimate of drug-likeness (QED) is 0.676. The Morgan fingerprint density at radius 2 is 1.71 bits per heavy atom. The molecule has 0 unspecified atom stereocenters. The second-order valence-electron chi connectivity index (χ2n) is 6.46. The summed E-state index contributed by atoms with van der Waals surface area (Å²) in [6, 6.07) is 17.1. The first-order valence-electron chi connectivity index (χ1n) is 9.37. The molecule has 4 rings (SSSR count). The lowest BCUT2D eigenvalue weighted by Crippen LogP contribution is -2.49. The molecular weight excluding hydrogens is 356 g/mol. The van der Waals surface area contributed by atoms with E-state index in [-0.39, 0.29) is 5.91 Å². The molecule has 1 aliphatic heterocycles. The summed E-state index contributed by atoms with van der Waals surface area (Å²) in [5.41, 5.74) is 1.58. The third-order valence-corrected chi connectivity index (χ3v) is 4.72. The molecule has 1 amide bonds. The highest BCUT2D eigenvalue weighted by Gasteiger charge is 2.25. The Kier molecular flexibility index (Phi) is 5.18. The molecule has 0 radical (unpaired) electrons. The van der Waals surface area contributed by atoms with E-state index in [4.69, 9.17) is 4.74 Å². The van der Waals surface area contributed by atoms with Crippen molar-refractivity contribution < 1.29 is 9.53 Å². The van der Waals surface area contributed by atoms with Gasteiger partial charge in [-0.1, -0.05) is 23.3 Å². The van der Waals surface area contributed by atoms with Gasteiger partial charge in [-0.25, -0.2) is 0 Å². The normalized spacial score (nSPS) is 14.2. The Bertz CT molecular complexity index is 917. The zero-order valence-corrected chi connectivity index (χ0v) is 15.7. The number of amides is 1. The maximum Gasteiger partial charge on any atom is 0.253 e. The number of hydrogen-bond acceptors (Lipinski definition) is 6. The number of tetrazole rings is 1. The molecule has 1 aliphatic rings. The minimum absolute atomic E-state index is 0.0327. The van der Waals surface area contributed by atoms with E-state index in [1.54, 1.807) is 4.68 Å². The van der Waals surface area contributed by atoms with Crippen molar-refractivity contribution in [1.82, 2.24) is 25.1 Å². The topological polar surface area (TPSA) is 76.4 Å². The molecule has 0 N–H and O–H groups in total. The number of para-hydroxylation sites is 1. The van der Waals surface area contributed by atoms with Gasteiger partial charge in [0.1, 0.15) is 5.75 Å². The average molecular weight is 378 g/mol. The summed E-state index contributed by atoms with van der Waals surface area (Å²) in [6.07, 6.45) is 0. The lowest BCUT2D eigenvalue weighted by atomic mass is 10.1. The van der Waals surface area contributed by atoms with E-state index >= 15 is 0 Å². The Labute approximate surface area is 163 Å². The molecular formula is C20H22N6O2. The molecule has 8 heteroatoms. The van der Waals surface area contributed by atoms with Crippen LogP contribution in [0.5, 0.6) is 5.75 Å². The van der Waals surface area contributed by atoms with E-state index in [2.05, 4.69) is 20.4 Å². The zero-order valence-electron chi connectivity index (χ0n) is 15.7. The van der Waals surface area contributed by atoms with Gasteiger partial charge in [-0.2, -0.15) is 4.68 Å². The number of benzene rings is 2. The van der Waals surface area contributed by atoms with Crippen LogP contribution in [0.15, 0.2) is 54.6 Å². The highest BCUT2D eigenvalue weighted by Crippen LogP contribution is 2.19. The number of rotatable bonds is 5. The molecule has 0 atom stereocenters. The third-order valence-electron chi connectivity index (χ3n) is 4.72. The van der Waals surface area contributed by atoms with Crippen molar-refractivity contribution in [2.75, 3.05) is 37.7 Å². The standard InChI is InChI=1S/C20H22N6O2/c1-2-28-18-10-8-16(9-11-18)19(27)24-12-14-25(15-13-24)20-21-22-23-26(20)17-6-4-3-5-7-17/h3-11H,2,12-15H2,1H3. The van der Waals surface area contributed by atoms with E-state index in [1.165, 1.54) is 0 Å². The summed E-state index contributed by atoms with van der Waals surface area (Å²) in [4.78, 5) is 16.7. The summed E-state index contributed by atoms with van der Waals surface area (Å²) in [6.45, 7) is 5.14. The van der Waals surface area contributed by atoms with Crippen molar-refractivity contribution in [3.63, 3.8) is 0 Å². The molecule has 8 nitrogen and oxygen atoms in total. The Morgan fingerprint density at radius 1 is 1.00 bits per heavy atom. The van der Waals surface area contributed by atoms with Crippen LogP contribution in [0.1, 0.15) is 17.3 Å². The molecule has 1 fully saturated rings. The van der Waals surface area contributed by atoms with Crippen LogP contribution in [0.2, 0.25) is 0 Å². The fourth-order valence-electron chi connectivity index (χ4n) is 3.27. The van der Waals surface area contributed by atoms with Crippen LogP contribution >= 0.6 is 0 Å². The summed E-state index contributed by atoms with van der Waals surface area (Å²) < 4.78 is 7.16. The lowest BCUT2D eigenvalue weighted by Gasteiger charge is -2.34. The molecule has 28 heavy (non-hydrogen) atoms. The van der Waals surface area contributed by atoms with Gasteiger partial charge in [0.25, 0.3) is 5.91 Å². The average Bonchev–Trinajstić information content (AvgIpc) is 3.25. The van der Waals surface area contributed by atoms with E-state index in [0.717, 1.165) is 11.4 Å². The molecule has 0 aliphatic carbocycles. The van der Waals surface area contributed by atoms with Crippen LogP contribution in [-0.4, -0.2) is 63.8 Å². The monoisotopic (exact) mass is 378 g/mol. The van der Waals surface area contributed by atoms with Gasteiger partial charge in [0.2, 0.25) is 5.95 Å². The summed E-state index contributed by atoms with van der Waals surface area (Å²) in [5, 5.41) is 12.1. The van der Waals surface area contributed by atoms with Gasteiger partial charge >= 0.3 is 0 Å². The molecule has 1 saturated heterocycles. The number of carbonyl (C=O) groups excluding carboxylic acids is 1. The van der Waals surface area contributed by atoms with Crippen LogP contribution in [0.3, 0.4) is 0 Å². The van der Waals surface area contributed by atoms with Gasteiger partial charge in [0.15, 0.2) is 0 Å². The number of carbonyl (C=O) groups is 1. The SMILES string of the molecule is CCOc1ccc(C(=O)N2CCN(c3nnnn3-c3ccccc3)CC2)cc1. The van der Waals surface area contributed by atoms with E-state index < -0.39 is 0 Å². The molecule has 0 spiro atoms. The van der Waals surface area contributed by atoms with Gasteiger partial charge < -0.3 is 14.5 Å². The Hall–Kier alpha value is -3.42. The highest BCUT2D eigenvalue weighted by atomic mass is 16.5. The van der Waals surface area contributed by atoms with Crippen LogP contribution < -0.4 is 9.64 Å². The van der Waals surface area contributed by atoms with Crippen molar-refractivity contribution >= 4 is 11.9 Å². The second-order valence-corrected chi connectivity index (χ2v) is 6.46. The van der Waals surface area contributed by atoms with E-state index in [9.17, 15) is 4.79 Å².